The lowest BCUT2D eigenvalue weighted by Gasteiger charge is -2.33. The number of phenolic OH excluding ortho intramolecular Hbond substituents is 1. The normalized spacial score (nSPS) is 23.4. The van der Waals surface area contributed by atoms with Crippen LogP contribution in [0.4, 0.5) is 4.79 Å². The largest absolute Gasteiger partial charge is 0.508 e. The van der Waals surface area contributed by atoms with E-state index in [1.165, 1.54) is 13.4 Å². The molecule has 0 bridgehead atoms. The van der Waals surface area contributed by atoms with Gasteiger partial charge >= 0.3 is 12.1 Å². The highest BCUT2D eigenvalue weighted by Gasteiger charge is 2.44. The van der Waals surface area contributed by atoms with Crippen LogP contribution in [-0.4, -0.2) is 37.1 Å². The molecule has 3 unspecified atom stereocenters. The van der Waals surface area contributed by atoms with Gasteiger partial charge in [-0.2, -0.15) is 0 Å². The quantitative estimate of drug-likeness (QED) is 0.609. The van der Waals surface area contributed by atoms with Crippen molar-refractivity contribution in [2.75, 3.05) is 13.7 Å². The smallest absolute Gasteiger partial charge is 0.410 e. The van der Waals surface area contributed by atoms with Crippen LogP contribution in [0.15, 0.2) is 47.7 Å². The molecule has 0 fully saturated rings. The lowest BCUT2D eigenvalue weighted by Crippen LogP contribution is -2.40. The van der Waals surface area contributed by atoms with Crippen molar-refractivity contribution in [1.29, 1.82) is 0 Å². The molecule has 3 rings (SSSR count). The molecule has 1 aromatic carbocycles. The Labute approximate surface area is 157 Å². The van der Waals surface area contributed by atoms with E-state index in [-0.39, 0.29) is 17.6 Å². The van der Waals surface area contributed by atoms with E-state index in [2.05, 4.69) is 5.32 Å². The van der Waals surface area contributed by atoms with Crippen LogP contribution in [0.25, 0.3) is 0 Å². The Morgan fingerprint density at radius 3 is 2.74 bits per heavy atom. The molecule has 7 heteroatoms. The van der Waals surface area contributed by atoms with Gasteiger partial charge in [-0.15, -0.1) is 0 Å². The van der Waals surface area contributed by atoms with Crippen LogP contribution in [0, 0.1) is 11.8 Å². The summed E-state index contributed by atoms with van der Waals surface area (Å²) in [6.07, 6.45) is 3.30. The van der Waals surface area contributed by atoms with Crippen molar-refractivity contribution < 1.29 is 28.9 Å². The summed E-state index contributed by atoms with van der Waals surface area (Å²) < 4.78 is 15.8. The number of methoxy groups -OCH3 is 1. The summed E-state index contributed by atoms with van der Waals surface area (Å²) in [7, 11) is 1.33. The number of fused-ring (bicyclic) bond motifs is 1. The number of carbonyl (C=O) groups excluding carboxylic acids is 2. The second-order valence-corrected chi connectivity index (χ2v) is 6.63. The molecular weight excluding hydrogens is 350 g/mol. The van der Waals surface area contributed by atoms with Gasteiger partial charge in [-0.05, 0) is 37.5 Å². The van der Waals surface area contributed by atoms with Gasteiger partial charge in [0.2, 0.25) is 0 Å². The molecule has 144 valence electrons. The van der Waals surface area contributed by atoms with E-state index in [9.17, 15) is 14.7 Å². The first-order valence-corrected chi connectivity index (χ1v) is 8.82. The first kappa shape index (κ1) is 18.8. The number of nitrogens with one attached hydrogen (secondary N) is 1. The van der Waals surface area contributed by atoms with Gasteiger partial charge in [0.05, 0.1) is 24.9 Å². The van der Waals surface area contributed by atoms with E-state index in [1.807, 2.05) is 13.0 Å². The van der Waals surface area contributed by atoms with Gasteiger partial charge in [-0.3, -0.25) is 0 Å². The fraction of sp³-hybridized carbons (Fsp3) is 0.400. The predicted molar refractivity (Wildman–Crippen MR) is 96.6 cm³/mol. The summed E-state index contributed by atoms with van der Waals surface area (Å²) in [6.45, 7) is 2.33. The summed E-state index contributed by atoms with van der Waals surface area (Å²) in [6, 6.07) is 6.79. The number of phenols is 1. The Morgan fingerprint density at radius 2 is 2.04 bits per heavy atom. The van der Waals surface area contributed by atoms with Crippen molar-refractivity contribution in [1.82, 2.24) is 5.32 Å². The summed E-state index contributed by atoms with van der Waals surface area (Å²) in [4.78, 5) is 24.1. The minimum atomic E-state index is -0.782. The second-order valence-electron chi connectivity index (χ2n) is 6.63. The minimum absolute atomic E-state index is 0.110. The molecule has 1 heterocycles. The lowest BCUT2D eigenvalue weighted by atomic mass is 9.84. The van der Waals surface area contributed by atoms with Crippen molar-refractivity contribution in [3.8, 4) is 5.75 Å². The molecule has 1 aliphatic heterocycles. The highest BCUT2D eigenvalue weighted by molar-refractivity contribution is 5.89. The summed E-state index contributed by atoms with van der Waals surface area (Å²) in [5, 5.41) is 12.0. The Kier molecular flexibility index (Phi) is 5.69. The Bertz CT molecular complexity index is 767. The van der Waals surface area contributed by atoms with Crippen molar-refractivity contribution >= 4 is 12.1 Å². The average molecular weight is 373 g/mol. The van der Waals surface area contributed by atoms with E-state index in [0.29, 0.717) is 25.0 Å². The zero-order chi connectivity index (χ0) is 19.4. The monoisotopic (exact) mass is 373 g/mol. The van der Waals surface area contributed by atoms with Gasteiger partial charge in [0.25, 0.3) is 6.29 Å². The molecule has 0 saturated carbocycles. The molecule has 1 aliphatic carbocycles. The first-order valence-electron chi connectivity index (χ1n) is 8.82. The number of carbonyl (C=O) groups is 2. The molecule has 0 spiro atoms. The maximum absolute atomic E-state index is 12.1. The molecule has 3 atom stereocenters. The number of benzene rings is 1. The van der Waals surface area contributed by atoms with Crippen LogP contribution in [0.2, 0.25) is 0 Å². The third-order valence-electron chi connectivity index (χ3n) is 4.94. The number of alkyl carbamates (subject to hydrolysis) is 1. The number of esters is 1. The van der Waals surface area contributed by atoms with Crippen molar-refractivity contribution in [2.24, 2.45) is 11.8 Å². The molecule has 2 aliphatic rings. The van der Waals surface area contributed by atoms with Crippen LogP contribution in [0.1, 0.15) is 18.9 Å². The first-order chi connectivity index (χ1) is 13.0. The van der Waals surface area contributed by atoms with E-state index < -0.39 is 18.4 Å². The number of rotatable bonds is 5. The van der Waals surface area contributed by atoms with Gasteiger partial charge < -0.3 is 24.6 Å². The molecule has 0 radical (unpaired) electrons. The molecule has 0 saturated heterocycles. The van der Waals surface area contributed by atoms with Crippen LogP contribution < -0.4 is 5.32 Å². The fourth-order valence-corrected chi connectivity index (χ4v) is 3.49. The fourth-order valence-electron chi connectivity index (χ4n) is 3.49. The Hall–Kier alpha value is -2.96. The van der Waals surface area contributed by atoms with Gasteiger partial charge in [0, 0.05) is 12.5 Å². The predicted octanol–water partition coefficient (Wildman–Crippen LogP) is 2.66. The number of hydrogen-bond donors (Lipinski definition) is 2. The minimum Gasteiger partial charge on any atom is -0.508 e. The lowest BCUT2D eigenvalue weighted by molar-refractivity contribution is -0.141. The van der Waals surface area contributed by atoms with Gasteiger partial charge in [-0.1, -0.05) is 23.8 Å². The third-order valence-corrected chi connectivity index (χ3v) is 4.94. The molecule has 1 aromatic rings. The van der Waals surface area contributed by atoms with Crippen molar-refractivity contribution in [3.63, 3.8) is 0 Å². The molecule has 2 N–H and O–H groups in total. The Balaban J connectivity index is 1.55. The standard InChI is InChI=1S/C20H23NO6/c1-12-3-8-15-16(18(23)25-2)11-26-19(17(12)15)27-20(24)21-10-9-13-4-6-14(22)7-5-13/h3-7,11,15,17,19,22H,8-10H2,1-2H3,(H,21,24). The summed E-state index contributed by atoms with van der Waals surface area (Å²) in [5.41, 5.74) is 2.47. The topological polar surface area (TPSA) is 94.1 Å². The number of amides is 1. The van der Waals surface area contributed by atoms with Gasteiger partial charge in [-0.25, -0.2) is 9.59 Å². The highest BCUT2D eigenvalue weighted by Crippen LogP contribution is 2.43. The molecule has 0 aromatic heterocycles. The second kappa shape index (κ2) is 8.16. The average Bonchev–Trinajstić information content (AvgIpc) is 3.05. The van der Waals surface area contributed by atoms with Crippen LogP contribution in [-0.2, 0) is 25.4 Å². The number of hydrogen-bond acceptors (Lipinski definition) is 6. The molecule has 1 amide bonds. The number of ether oxygens (including phenoxy) is 3. The zero-order valence-corrected chi connectivity index (χ0v) is 15.3. The maximum Gasteiger partial charge on any atom is 0.410 e. The van der Waals surface area contributed by atoms with Crippen LogP contribution in [0.5, 0.6) is 5.75 Å². The van der Waals surface area contributed by atoms with E-state index in [0.717, 1.165) is 11.1 Å². The van der Waals surface area contributed by atoms with Crippen LogP contribution in [0.3, 0.4) is 0 Å². The number of allylic oxidation sites excluding steroid dienone is 1. The molecular formula is C20H23NO6. The highest BCUT2D eigenvalue weighted by atomic mass is 16.7. The molecule has 7 nitrogen and oxygen atoms in total. The van der Waals surface area contributed by atoms with Crippen molar-refractivity contribution in [3.05, 3.63) is 53.3 Å². The van der Waals surface area contributed by atoms with Gasteiger partial charge in [0.15, 0.2) is 0 Å². The maximum atomic E-state index is 12.1. The third kappa shape index (κ3) is 4.24. The summed E-state index contributed by atoms with van der Waals surface area (Å²) >= 11 is 0. The SMILES string of the molecule is COC(=O)C1=COC(OC(=O)NCCc2ccc(O)cc2)C2C(C)=CCC12. The van der Waals surface area contributed by atoms with E-state index >= 15 is 0 Å². The zero-order valence-electron chi connectivity index (χ0n) is 15.3. The molecule has 27 heavy (non-hydrogen) atoms. The van der Waals surface area contributed by atoms with Crippen LogP contribution >= 0.6 is 0 Å². The Morgan fingerprint density at radius 1 is 1.30 bits per heavy atom. The van der Waals surface area contributed by atoms with Crippen molar-refractivity contribution in [2.45, 2.75) is 26.1 Å². The van der Waals surface area contributed by atoms with E-state index in [1.54, 1.807) is 24.3 Å². The summed E-state index contributed by atoms with van der Waals surface area (Å²) in [5.74, 6) is -0.535. The van der Waals surface area contributed by atoms with E-state index in [4.69, 9.17) is 14.2 Å². The van der Waals surface area contributed by atoms with Gasteiger partial charge in [0.1, 0.15) is 5.75 Å². The number of aromatic hydroxyl groups is 1.